The van der Waals surface area contributed by atoms with Crippen LogP contribution in [0.25, 0.3) is 6.08 Å². The van der Waals surface area contributed by atoms with Gasteiger partial charge in [-0.05, 0) is 24.6 Å². The van der Waals surface area contributed by atoms with Crippen molar-refractivity contribution in [2.45, 2.75) is 12.8 Å². The number of hydrogen-bond donors (Lipinski definition) is 0. The lowest BCUT2D eigenvalue weighted by atomic mass is 10.0. The summed E-state index contributed by atoms with van der Waals surface area (Å²) in [6.07, 6.45) is 2.27. The minimum absolute atomic E-state index is 0.218. The van der Waals surface area contributed by atoms with Crippen LogP contribution >= 0.6 is 0 Å². The van der Waals surface area contributed by atoms with Gasteiger partial charge in [0.15, 0.2) is 0 Å². The summed E-state index contributed by atoms with van der Waals surface area (Å²) in [6, 6.07) is 5.29. The Kier molecular flexibility index (Phi) is 3.85. The van der Waals surface area contributed by atoms with Gasteiger partial charge in [-0.15, -0.1) is 0 Å². The summed E-state index contributed by atoms with van der Waals surface area (Å²) in [4.78, 5) is 22.5. The molecule has 0 N–H and O–H groups in total. The lowest BCUT2D eigenvalue weighted by Gasteiger charge is -2.13. The number of hydrogen-bond acceptors (Lipinski definition) is 5. The standard InChI is InChI=1S/C14H14O5/c1-17-11-5-3-9(12(8-11)18-2)7-10-4-6-13(15)19-14(10)16/h3,5,7-8H,4,6H2,1-2H3/b10-7+. The molecule has 1 saturated heterocycles. The Balaban J connectivity index is 2.32. The van der Waals surface area contributed by atoms with E-state index in [9.17, 15) is 9.59 Å². The van der Waals surface area contributed by atoms with E-state index < -0.39 is 11.9 Å². The Hall–Kier alpha value is -2.30. The maximum absolute atomic E-state index is 11.6. The van der Waals surface area contributed by atoms with Crippen molar-refractivity contribution in [3.8, 4) is 11.5 Å². The number of cyclic esters (lactones) is 2. The van der Waals surface area contributed by atoms with Gasteiger partial charge in [-0.3, -0.25) is 4.79 Å². The Bertz CT molecular complexity index is 545. The Morgan fingerprint density at radius 1 is 1.16 bits per heavy atom. The van der Waals surface area contributed by atoms with Gasteiger partial charge >= 0.3 is 11.9 Å². The largest absolute Gasteiger partial charge is 0.497 e. The first-order chi connectivity index (χ1) is 9.13. The zero-order chi connectivity index (χ0) is 13.8. The Morgan fingerprint density at radius 3 is 2.58 bits per heavy atom. The molecule has 1 aromatic carbocycles. The molecule has 1 aliphatic rings. The fraction of sp³-hybridized carbons (Fsp3) is 0.286. The number of methoxy groups -OCH3 is 2. The number of carbonyl (C=O) groups is 2. The van der Waals surface area contributed by atoms with Crippen molar-refractivity contribution in [1.29, 1.82) is 0 Å². The van der Waals surface area contributed by atoms with Gasteiger partial charge in [0.2, 0.25) is 0 Å². The third-order valence-corrected chi connectivity index (χ3v) is 2.84. The Morgan fingerprint density at radius 2 is 1.95 bits per heavy atom. The fourth-order valence-corrected chi connectivity index (χ4v) is 1.82. The summed E-state index contributed by atoms with van der Waals surface area (Å²) in [6.45, 7) is 0. The molecule has 1 heterocycles. The lowest BCUT2D eigenvalue weighted by Crippen LogP contribution is -2.20. The molecule has 1 aliphatic heterocycles. The molecule has 0 radical (unpaired) electrons. The number of carbonyl (C=O) groups excluding carboxylic acids is 2. The van der Waals surface area contributed by atoms with E-state index in [0.29, 0.717) is 23.5 Å². The molecule has 0 spiro atoms. The second kappa shape index (κ2) is 5.56. The minimum Gasteiger partial charge on any atom is -0.497 e. The number of rotatable bonds is 3. The van der Waals surface area contributed by atoms with Crippen LogP contribution in [-0.2, 0) is 14.3 Å². The van der Waals surface area contributed by atoms with Crippen molar-refractivity contribution in [1.82, 2.24) is 0 Å². The highest BCUT2D eigenvalue weighted by Gasteiger charge is 2.23. The van der Waals surface area contributed by atoms with Crippen LogP contribution in [0.5, 0.6) is 11.5 Å². The first kappa shape index (κ1) is 13.1. The van der Waals surface area contributed by atoms with Crippen molar-refractivity contribution in [2.24, 2.45) is 0 Å². The molecule has 0 unspecified atom stereocenters. The van der Waals surface area contributed by atoms with Gasteiger partial charge in [0, 0.05) is 17.2 Å². The highest BCUT2D eigenvalue weighted by atomic mass is 16.6. The third kappa shape index (κ3) is 2.93. The van der Waals surface area contributed by atoms with E-state index in [1.54, 1.807) is 38.5 Å². The second-order valence-electron chi connectivity index (χ2n) is 4.04. The molecule has 100 valence electrons. The Labute approximate surface area is 110 Å². The van der Waals surface area contributed by atoms with E-state index in [2.05, 4.69) is 4.74 Å². The molecular weight excluding hydrogens is 248 g/mol. The summed E-state index contributed by atoms with van der Waals surface area (Å²) in [5.74, 6) is 0.190. The second-order valence-corrected chi connectivity index (χ2v) is 4.04. The maximum atomic E-state index is 11.6. The van der Waals surface area contributed by atoms with Gasteiger partial charge in [0.05, 0.1) is 20.6 Å². The predicted molar refractivity (Wildman–Crippen MR) is 67.9 cm³/mol. The van der Waals surface area contributed by atoms with Crippen molar-refractivity contribution < 1.29 is 23.8 Å². The number of benzene rings is 1. The SMILES string of the molecule is COc1ccc(/C=C2\CCC(=O)OC2=O)c(OC)c1. The molecule has 2 rings (SSSR count). The van der Waals surface area contributed by atoms with Crippen molar-refractivity contribution in [3.05, 3.63) is 29.3 Å². The van der Waals surface area contributed by atoms with Crippen LogP contribution in [0.4, 0.5) is 0 Å². The molecule has 0 atom stereocenters. The normalized spacial score (nSPS) is 17.3. The molecule has 1 fully saturated rings. The van der Waals surface area contributed by atoms with Crippen molar-refractivity contribution in [3.63, 3.8) is 0 Å². The first-order valence-electron chi connectivity index (χ1n) is 5.81. The number of esters is 2. The van der Waals surface area contributed by atoms with E-state index in [1.807, 2.05) is 0 Å². The monoisotopic (exact) mass is 262 g/mol. The predicted octanol–water partition coefficient (Wildman–Crippen LogP) is 1.95. The topological polar surface area (TPSA) is 61.8 Å². The third-order valence-electron chi connectivity index (χ3n) is 2.84. The van der Waals surface area contributed by atoms with E-state index >= 15 is 0 Å². The van der Waals surface area contributed by atoms with E-state index in [0.717, 1.165) is 5.56 Å². The zero-order valence-corrected chi connectivity index (χ0v) is 10.8. The van der Waals surface area contributed by atoms with Gasteiger partial charge in [-0.2, -0.15) is 0 Å². The quantitative estimate of drug-likeness (QED) is 0.473. The van der Waals surface area contributed by atoms with Gasteiger partial charge in [-0.1, -0.05) is 0 Å². The van der Waals surface area contributed by atoms with Crippen LogP contribution in [0.3, 0.4) is 0 Å². The first-order valence-corrected chi connectivity index (χ1v) is 5.81. The summed E-state index contributed by atoms with van der Waals surface area (Å²) in [5.41, 5.74) is 1.20. The van der Waals surface area contributed by atoms with Crippen LogP contribution in [0.15, 0.2) is 23.8 Å². The van der Waals surface area contributed by atoms with Crippen LogP contribution in [0.1, 0.15) is 18.4 Å². The summed E-state index contributed by atoms with van der Waals surface area (Å²) in [7, 11) is 3.11. The van der Waals surface area contributed by atoms with Crippen LogP contribution in [-0.4, -0.2) is 26.2 Å². The van der Waals surface area contributed by atoms with Crippen LogP contribution in [0.2, 0.25) is 0 Å². The molecule has 0 saturated carbocycles. The molecule has 0 aliphatic carbocycles. The van der Waals surface area contributed by atoms with Crippen LogP contribution < -0.4 is 9.47 Å². The summed E-state index contributed by atoms with van der Waals surface area (Å²) >= 11 is 0. The molecule has 1 aromatic rings. The van der Waals surface area contributed by atoms with E-state index in [4.69, 9.17) is 9.47 Å². The molecule has 19 heavy (non-hydrogen) atoms. The fourth-order valence-electron chi connectivity index (χ4n) is 1.82. The minimum atomic E-state index is -0.589. The number of ether oxygens (including phenoxy) is 3. The summed E-state index contributed by atoms with van der Waals surface area (Å²) in [5, 5.41) is 0. The molecule has 0 amide bonds. The average Bonchev–Trinajstić information content (AvgIpc) is 2.42. The highest BCUT2D eigenvalue weighted by molar-refractivity contribution is 6.02. The van der Waals surface area contributed by atoms with Gasteiger partial charge < -0.3 is 14.2 Å². The molecule has 5 heteroatoms. The highest BCUT2D eigenvalue weighted by Crippen LogP contribution is 2.28. The van der Waals surface area contributed by atoms with Gasteiger partial charge in [0.1, 0.15) is 11.5 Å². The zero-order valence-electron chi connectivity index (χ0n) is 10.8. The van der Waals surface area contributed by atoms with Crippen molar-refractivity contribution >= 4 is 18.0 Å². The average molecular weight is 262 g/mol. The maximum Gasteiger partial charge on any atom is 0.341 e. The molecule has 5 nitrogen and oxygen atoms in total. The van der Waals surface area contributed by atoms with E-state index in [1.165, 1.54) is 0 Å². The summed E-state index contributed by atoms with van der Waals surface area (Å²) < 4.78 is 14.9. The van der Waals surface area contributed by atoms with Gasteiger partial charge in [0.25, 0.3) is 0 Å². The van der Waals surface area contributed by atoms with Crippen LogP contribution in [0, 0.1) is 0 Å². The smallest absolute Gasteiger partial charge is 0.341 e. The van der Waals surface area contributed by atoms with Crippen molar-refractivity contribution in [2.75, 3.05) is 14.2 Å². The van der Waals surface area contributed by atoms with Gasteiger partial charge in [-0.25, -0.2) is 4.79 Å². The molecule has 0 bridgehead atoms. The van der Waals surface area contributed by atoms with E-state index in [-0.39, 0.29) is 6.42 Å². The molecule has 0 aromatic heterocycles. The molecular formula is C14H14O5. The lowest BCUT2D eigenvalue weighted by molar-refractivity contribution is -0.159.